The summed E-state index contributed by atoms with van der Waals surface area (Å²) in [6.07, 6.45) is 2.88. The number of rotatable bonds is 6. The minimum Gasteiger partial charge on any atom is -0.494 e. The highest BCUT2D eigenvalue weighted by Crippen LogP contribution is 2.46. The molecule has 104 valence electrons. The fraction of sp³-hybridized carbons (Fsp3) is 0.562. The lowest BCUT2D eigenvalue weighted by Gasteiger charge is -2.20. The van der Waals surface area contributed by atoms with E-state index in [-0.39, 0.29) is 11.8 Å². The Kier molecular flexibility index (Phi) is 4.13. The van der Waals surface area contributed by atoms with Crippen LogP contribution in [0.5, 0.6) is 5.75 Å². The maximum atomic E-state index is 11.3. The van der Waals surface area contributed by atoms with Gasteiger partial charge in [-0.1, -0.05) is 6.07 Å². The van der Waals surface area contributed by atoms with Gasteiger partial charge in [0.25, 0.3) is 0 Å². The van der Waals surface area contributed by atoms with Gasteiger partial charge in [-0.15, -0.1) is 0 Å². The van der Waals surface area contributed by atoms with Gasteiger partial charge in [-0.05, 0) is 68.2 Å². The van der Waals surface area contributed by atoms with Crippen LogP contribution in [-0.2, 0) is 4.79 Å². The highest BCUT2D eigenvalue weighted by atomic mass is 16.5. The third-order valence-electron chi connectivity index (χ3n) is 3.88. The van der Waals surface area contributed by atoms with E-state index in [1.54, 1.807) is 0 Å². The highest BCUT2D eigenvalue weighted by molar-refractivity contribution is 5.75. The molecule has 1 aromatic carbocycles. The van der Waals surface area contributed by atoms with E-state index >= 15 is 0 Å². The van der Waals surface area contributed by atoms with Crippen molar-refractivity contribution in [1.29, 1.82) is 0 Å². The second kappa shape index (κ2) is 5.64. The van der Waals surface area contributed by atoms with Crippen molar-refractivity contribution in [1.82, 2.24) is 0 Å². The van der Waals surface area contributed by atoms with E-state index in [1.165, 1.54) is 24.0 Å². The molecule has 1 saturated carbocycles. The summed E-state index contributed by atoms with van der Waals surface area (Å²) >= 11 is 0. The molecule has 0 spiro atoms. The number of amides is 1. The lowest BCUT2D eigenvalue weighted by atomic mass is 9.86. The molecule has 1 aliphatic carbocycles. The standard InChI is InChI=1S/C16H23NO2/c1-4-19-15-8-10(2)13(7-11(15)3)14(9-16(17)18)12-5-6-12/h7-8,12,14H,4-6,9H2,1-3H3,(H2,17,18). The van der Waals surface area contributed by atoms with Crippen molar-refractivity contribution in [3.63, 3.8) is 0 Å². The molecule has 19 heavy (non-hydrogen) atoms. The van der Waals surface area contributed by atoms with Crippen molar-refractivity contribution in [3.05, 3.63) is 28.8 Å². The number of hydrogen-bond donors (Lipinski definition) is 1. The van der Waals surface area contributed by atoms with Gasteiger partial charge in [-0.3, -0.25) is 4.79 Å². The first-order valence-electron chi connectivity index (χ1n) is 7.05. The summed E-state index contributed by atoms with van der Waals surface area (Å²) in [4.78, 5) is 11.3. The van der Waals surface area contributed by atoms with Crippen molar-refractivity contribution in [2.75, 3.05) is 6.61 Å². The highest BCUT2D eigenvalue weighted by Gasteiger charge is 2.34. The molecule has 0 aliphatic heterocycles. The molecule has 3 heteroatoms. The Hall–Kier alpha value is -1.51. The Labute approximate surface area is 115 Å². The van der Waals surface area contributed by atoms with E-state index < -0.39 is 0 Å². The second-order valence-corrected chi connectivity index (χ2v) is 5.52. The fourth-order valence-electron chi connectivity index (χ4n) is 2.77. The molecule has 0 radical (unpaired) electrons. The Morgan fingerprint density at radius 2 is 2.05 bits per heavy atom. The van der Waals surface area contributed by atoms with Gasteiger partial charge in [0.2, 0.25) is 5.91 Å². The third kappa shape index (κ3) is 3.28. The smallest absolute Gasteiger partial charge is 0.218 e. The van der Waals surface area contributed by atoms with Gasteiger partial charge >= 0.3 is 0 Å². The van der Waals surface area contributed by atoms with Gasteiger partial charge in [-0.25, -0.2) is 0 Å². The van der Waals surface area contributed by atoms with Crippen LogP contribution in [0.25, 0.3) is 0 Å². The monoisotopic (exact) mass is 261 g/mol. The maximum absolute atomic E-state index is 11.3. The van der Waals surface area contributed by atoms with E-state index in [0.29, 0.717) is 18.9 Å². The summed E-state index contributed by atoms with van der Waals surface area (Å²) in [7, 11) is 0. The van der Waals surface area contributed by atoms with Crippen LogP contribution in [-0.4, -0.2) is 12.5 Å². The third-order valence-corrected chi connectivity index (χ3v) is 3.88. The van der Waals surface area contributed by atoms with Gasteiger partial charge in [0.15, 0.2) is 0 Å². The number of aryl methyl sites for hydroxylation is 2. The Bertz CT molecular complexity index is 478. The van der Waals surface area contributed by atoms with Crippen LogP contribution in [0.1, 0.15) is 48.8 Å². The summed E-state index contributed by atoms with van der Waals surface area (Å²) in [5, 5.41) is 0. The van der Waals surface area contributed by atoms with Gasteiger partial charge in [-0.2, -0.15) is 0 Å². The number of carbonyl (C=O) groups excluding carboxylic acids is 1. The van der Waals surface area contributed by atoms with E-state index in [4.69, 9.17) is 10.5 Å². The van der Waals surface area contributed by atoms with Crippen molar-refractivity contribution in [2.24, 2.45) is 11.7 Å². The average Bonchev–Trinajstić information content (AvgIpc) is 3.15. The number of carbonyl (C=O) groups is 1. The minimum absolute atomic E-state index is 0.206. The van der Waals surface area contributed by atoms with E-state index in [0.717, 1.165) is 11.3 Å². The lowest BCUT2D eigenvalue weighted by molar-refractivity contribution is -0.118. The van der Waals surface area contributed by atoms with Crippen LogP contribution < -0.4 is 10.5 Å². The molecule has 0 bridgehead atoms. The molecule has 3 nitrogen and oxygen atoms in total. The molecule has 1 atom stereocenters. The molecule has 1 aromatic rings. The zero-order valence-corrected chi connectivity index (χ0v) is 12.0. The molecule has 0 heterocycles. The molecule has 1 amide bonds. The second-order valence-electron chi connectivity index (χ2n) is 5.52. The average molecular weight is 261 g/mol. The number of ether oxygens (including phenoxy) is 1. The van der Waals surface area contributed by atoms with Crippen LogP contribution in [0.4, 0.5) is 0 Å². The van der Waals surface area contributed by atoms with Crippen molar-refractivity contribution in [2.45, 2.75) is 46.0 Å². The molecule has 0 aromatic heterocycles. The number of hydrogen-bond acceptors (Lipinski definition) is 2. The van der Waals surface area contributed by atoms with Gasteiger partial charge < -0.3 is 10.5 Å². The topological polar surface area (TPSA) is 52.3 Å². The van der Waals surface area contributed by atoms with E-state index in [9.17, 15) is 4.79 Å². The van der Waals surface area contributed by atoms with Gasteiger partial charge in [0.05, 0.1) is 6.61 Å². The Morgan fingerprint density at radius 3 is 2.58 bits per heavy atom. The molecule has 1 unspecified atom stereocenters. The summed E-state index contributed by atoms with van der Waals surface area (Å²) in [5.74, 6) is 1.65. The van der Waals surface area contributed by atoms with Crippen LogP contribution in [0.2, 0.25) is 0 Å². The number of benzene rings is 1. The fourth-order valence-corrected chi connectivity index (χ4v) is 2.77. The summed E-state index contributed by atoms with van der Waals surface area (Å²) < 4.78 is 5.62. The molecular formula is C16H23NO2. The largest absolute Gasteiger partial charge is 0.494 e. The van der Waals surface area contributed by atoms with E-state index in [2.05, 4.69) is 26.0 Å². The van der Waals surface area contributed by atoms with Gasteiger partial charge in [0, 0.05) is 6.42 Å². The first kappa shape index (κ1) is 13.9. The van der Waals surface area contributed by atoms with Crippen LogP contribution in [0.3, 0.4) is 0 Å². The molecule has 1 aliphatic rings. The first-order chi connectivity index (χ1) is 9.02. The van der Waals surface area contributed by atoms with Crippen LogP contribution in [0.15, 0.2) is 12.1 Å². The normalized spacial score (nSPS) is 16.2. The predicted octanol–water partition coefficient (Wildman–Crippen LogP) is 3.07. The molecule has 1 fully saturated rings. The Morgan fingerprint density at radius 1 is 1.37 bits per heavy atom. The van der Waals surface area contributed by atoms with Crippen molar-refractivity contribution >= 4 is 5.91 Å². The van der Waals surface area contributed by atoms with Gasteiger partial charge in [0.1, 0.15) is 5.75 Å². The summed E-state index contributed by atoms with van der Waals surface area (Å²) in [5.41, 5.74) is 9.00. The predicted molar refractivity (Wildman–Crippen MR) is 76.4 cm³/mol. The minimum atomic E-state index is -0.206. The summed E-state index contributed by atoms with van der Waals surface area (Å²) in [6.45, 7) is 6.81. The zero-order chi connectivity index (χ0) is 14.0. The van der Waals surface area contributed by atoms with Crippen LogP contribution >= 0.6 is 0 Å². The molecular weight excluding hydrogens is 238 g/mol. The SMILES string of the molecule is CCOc1cc(C)c(C(CC(N)=O)C2CC2)cc1C. The zero-order valence-electron chi connectivity index (χ0n) is 12.0. The quantitative estimate of drug-likeness (QED) is 0.855. The lowest BCUT2D eigenvalue weighted by Crippen LogP contribution is -2.17. The molecule has 2 rings (SSSR count). The molecule has 2 N–H and O–H groups in total. The number of primary amides is 1. The Balaban J connectivity index is 2.31. The first-order valence-corrected chi connectivity index (χ1v) is 7.05. The van der Waals surface area contributed by atoms with Crippen molar-refractivity contribution < 1.29 is 9.53 Å². The number of nitrogens with two attached hydrogens (primary N) is 1. The molecule has 0 saturated heterocycles. The van der Waals surface area contributed by atoms with E-state index in [1.807, 2.05) is 6.92 Å². The summed E-state index contributed by atoms with van der Waals surface area (Å²) in [6, 6.07) is 4.26. The maximum Gasteiger partial charge on any atom is 0.218 e. The van der Waals surface area contributed by atoms with Crippen LogP contribution in [0, 0.1) is 19.8 Å². The van der Waals surface area contributed by atoms with Crippen molar-refractivity contribution in [3.8, 4) is 5.75 Å².